The lowest BCUT2D eigenvalue weighted by Crippen LogP contribution is -2.13. The lowest BCUT2D eigenvalue weighted by atomic mass is 10.2. The van der Waals surface area contributed by atoms with E-state index in [1.54, 1.807) is 0 Å². The van der Waals surface area contributed by atoms with Crippen LogP contribution in [0.25, 0.3) is 0 Å². The number of aromatic hydroxyl groups is 1. The minimum Gasteiger partial charge on any atom is -0.507 e. The fourth-order valence-corrected chi connectivity index (χ4v) is 1.51. The Balaban J connectivity index is 3.36. The highest BCUT2D eigenvalue weighted by molar-refractivity contribution is 7.89. The highest BCUT2D eigenvalue weighted by Gasteiger charge is 2.16. The molecule has 6 nitrogen and oxygen atoms in total. The van der Waals surface area contributed by atoms with Crippen molar-refractivity contribution >= 4 is 16.0 Å². The average molecular weight is 231 g/mol. The summed E-state index contributed by atoms with van der Waals surface area (Å²) in [4.78, 5) is 10.8. The Kier molecular flexibility index (Phi) is 2.96. The molecule has 1 aromatic rings. The molecule has 1 aromatic carbocycles. The Hall–Kier alpha value is -1.60. The third-order valence-electron chi connectivity index (χ3n) is 1.70. The van der Waals surface area contributed by atoms with Gasteiger partial charge in [-0.1, -0.05) is 0 Å². The monoisotopic (exact) mass is 231 g/mol. The Morgan fingerprint density at radius 2 is 2.07 bits per heavy atom. The number of carbonyl (C=O) groups is 1. The van der Waals surface area contributed by atoms with Crippen LogP contribution >= 0.6 is 0 Å². The molecule has 0 aliphatic heterocycles. The maximum atomic E-state index is 11.1. The van der Waals surface area contributed by atoms with Gasteiger partial charge in [-0.2, -0.15) is 0 Å². The number of methoxy groups -OCH3 is 1. The summed E-state index contributed by atoms with van der Waals surface area (Å²) < 4.78 is 26.3. The van der Waals surface area contributed by atoms with E-state index in [-0.39, 0.29) is 16.2 Å². The van der Waals surface area contributed by atoms with Crippen LogP contribution in [0.2, 0.25) is 0 Å². The number of hydrogen-bond acceptors (Lipinski definition) is 5. The van der Waals surface area contributed by atoms with Gasteiger partial charge in [0.1, 0.15) is 11.3 Å². The van der Waals surface area contributed by atoms with Gasteiger partial charge in [0, 0.05) is 0 Å². The summed E-state index contributed by atoms with van der Waals surface area (Å²) in [6.07, 6.45) is 0. The Morgan fingerprint density at radius 1 is 1.47 bits per heavy atom. The van der Waals surface area contributed by atoms with Gasteiger partial charge in [-0.15, -0.1) is 0 Å². The van der Waals surface area contributed by atoms with Crippen LogP contribution in [0, 0.1) is 0 Å². The highest BCUT2D eigenvalue weighted by atomic mass is 32.2. The van der Waals surface area contributed by atoms with Crippen LogP contribution in [0.1, 0.15) is 10.4 Å². The quantitative estimate of drug-likeness (QED) is 0.687. The van der Waals surface area contributed by atoms with Gasteiger partial charge in [-0.25, -0.2) is 18.4 Å². The van der Waals surface area contributed by atoms with Gasteiger partial charge in [0.05, 0.1) is 12.0 Å². The average Bonchev–Trinajstić information content (AvgIpc) is 2.15. The minimum atomic E-state index is -3.90. The zero-order chi connectivity index (χ0) is 11.6. The molecule has 3 N–H and O–H groups in total. The van der Waals surface area contributed by atoms with Crippen LogP contribution in [-0.2, 0) is 14.8 Å². The van der Waals surface area contributed by atoms with Crippen molar-refractivity contribution in [3.05, 3.63) is 23.8 Å². The van der Waals surface area contributed by atoms with E-state index < -0.39 is 16.0 Å². The van der Waals surface area contributed by atoms with Crippen LogP contribution in [0.4, 0.5) is 0 Å². The number of phenolic OH excluding ortho intramolecular Hbond substituents is 1. The summed E-state index contributed by atoms with van der Waals surface area (Å²) in [7, 11) is -2.79. The first-order chi connectivity index (χ1) is 6.86. The molecule has 0 saturated heterocycles. The maximum absolute atomic E-state index is 11.1. The van der Waals surface area contributed by atoms with Crippen molar-refractivity contribution in [1.82, 2.24) is 0 Å². The standard InChI is InChI=1S/C8H9NO5S/c1-14-8(11)6-4-5(15(9,12)13)2-3-7(6)10/h2-4,10H,1H3,(H2,9,12,13). The molecule has 0 spiro atoms. The maximum Gasteiger partial charge on any atom is 0.341 e. The molecule has 0 unspecified atom stereocenters. The first kappa shape index (κ1) is 11.5. The number of benzene rings is 1. The predicted molar refractivity (Wildman–Crippen MR) is 50.8 cm³/mol. The van der Waals surface area contributed by atoms with Crippen molar-refractivity contribution in [2.75, 3.05) is 7.11 Å². The topological polar surface area (TPSA) is 107 Å². The number of ether oxygens (including phenoxy) is 1. The smallest absolute Gasteiger partial charge is 0.341 e. The van der Waals surface area contributed by atoms with Gasteiger partial charge in [0.25, 0.3) is 0 Å². The molecular formula is C8H9NO5S. The van der Waals surface area contributed by atoms with E-state index in [1.807, 2.05) is 0 Å². The first-order valence-corrected chi connectivity index (χ1v) is 5.35. The molecule has 0 heterocycles. The Labute approximate surface area is 86.3 Å². The van der Waals surface area contributed by atoms with E-state index in [0.29, 0.717) is 0 Å². The van der Waals surface area contributed by atoms with E-state index in [4.69, 9.17) is 5.14 Å². The lowest BCUT2D eigenvalue weighted by Gasteiger charge is -2.04. The Morgan fingerprint density at radius 3 is 2.53 bits per heavy atom. The zero-order valence-corrected chi connectivity index (χ0v) is 8.61. The van der Waals surface area contributed by atoms with E-state index >= 15 is 0 Å². The SMILES string of the molecule is COC(=O)c1cc(S(N)(=O)=O)ccc1O. The van der Waals surface area contributed by atoms with Crippen molar-refractivity contribution in [1.29, 1.82) is 0 Å². The molecule has 0 saturated carbocycles. The predicted octanol–water partition coefficient (Wildman–Crippen LogP) is -0.174. The van der Waals surface area contributed by atoms with E-state index in [1.165, 1.54) is 0 Å². The van der Waals surface area contributed by atoms with Crippen LogP contribution in [0.15, 0.2) is 23.1 Å². The fraction of sp³-hybridized carbons (Fsp3) is 0.125. The molecule has 0 aromatic heterocycles. The molecule has 15 heavy (non-hydrogen) atoms. The number of esters is 1. The molecule has 0 bridgehead atoms. The molecule has 0 amide bonds. The van der Waals surface area contributed by atoms with Gasteiger partial charge in [0.15, 0.2) is 0 Å². The summed E-state index contributed by atoms with van der Waals surface area (Å²) in [5, 5.41) is 14.1. The molecule has 0 aliphatic carbocycles. The van der Waals surface area contributed by atoms with E-state index in [9.17, 15) is 18.3 Å². The van der Waals surface area contributed by atoms with Gasteiger partial charge < -0.3 is 9.84 Å². The fourth-order valence-electron chi connectivity index (χ4n) is 0.966. The van der Waals surface area contributed by atoms with Gasteiger partial charge in [-0.3, -0.25) is 0 Å². The number of hydrogen-bond donors (Lipinski definition) is 2. The molecule has 0 fully saturated rings. The molecular weight excluding hydrogens is 222 g/mol. The van der Waals surface area contributed by atoms with E-state index in [0.717, 1.165) is 25.3 Å². The largest absolute Gasteiger partial charge is 0.507 e. The summed E-state index contributed by atoms with van der Waals surface area (Å²) in [6.45, 7) is 0. The molecule has 0 radical (unpaired) electrons. The van der Waals surface area contributed by atoms with Gasteiger partial charge >= 0.3 is 5.97 Å². The third-order valence-corrected chi connectivity index (χ3v) is 2.61. The van der Waals surface area contributed by atoms with Crippen molar-refractivity contribution in [2.24, 2.45) is 5.14 Å². The number of primary sulfonamides is 1. The van der Waals surface area contributed by atoms with Crippen molar-refractivity contribution in [3.8, 4) is 5.75 Å². The molecule has 0 aliphatic rings. The Bertz CT molecular complexity index is 494. The second-order valence-electron chi connectivity index (χ2n) is 2.72. The molecule has 7 heteroatoms. The summed E-state index contributed by atoms with van der Waals surface area (Å²) in [5.74, 6) is -1.20. The van der Waals surface area contributed by atoms with E-state index in [2.05, 4.69) is 4.74 Å². The van der Waals surface area contributed by atoms with Crippen molar-refractivity contribution in [2.45, 2.75) is 4.90 Å². The molecule has 0 atom stereocenters. The molecule has 1 rings (SSSR count). The summed E-state index contributed by atoms with van der Waals surface area (Å²) in [5.41, 5.74) is -0.246. The number of nitrogens with two attached hydrogens (primary N) is 1. The molecule has 82 valence electrons. The normalized spacial score (nSPS) is 11.1. The van der Waals surface area contributed by atoms with Gasteiger partial charge in [0.2, 0.25) is 10.0 Å². The number of rotatable bonds is 2. The lowest BCUT2D eigenvalue weighted by molar-refractivity contribution is 0.0597. The number of carbonyl (C=O) groups excluding carboxylic acids is 1. The second kappa shape index (κ2) is 3.87. The van der Waals surface area contributed by atoms with Crippen molar-refractivity contribution < 1.29 is 23.1 Å². The summed E-state index contributed by atoms with van der Waals surface area (Å²) in [6, 6.07) is 3.11. The van der Waals surface area contributed by atoms with Crippen LogP contribution in [0.3, 0.4) is 0 Å². The number of sulfonamides is 1. The minimum absolute atomic E-state index is 0.246. The number of phenols is 1. The van der Waals surface area contributed by atoms with Crippen LogP contribution in [0.5, 0.6) is 5.75 Å². The first-order valence-electron chi connectivity index (χ1n) is 3.80. The van der Waals surface area contributed by atoms with Crippen LogP contribution in [-0.4, -0.2) is 26.6 Å². The summed E-state index contributed by atoms with van der Waals surface area (Å²) >= 11 is 0. The third kappa shape index (κ3) is 2.45. The van der Waals surface area contributed by atoms with Crippen LogP contribution < -0.4 is 5.14 Å². The van der Waals surface area contributed by atoms with Gasteiger partial charge in [-0.05, 0) is 18.2 Å². The highest BCUT2D eigenvalue weighted by Crippen LogP contribution is 2.21. The zero-order valence-electron chi connectivity index (χ0n) is 7.80. The van der Waals surface area contributed by atoms with Crippen molar-refractivity contribution in [3.63, 3.8) is 0 Å². The second-order valence-corrected chi connectivity index (χ2v) is 4.28.